The van der Waals surface area contributed by atoms with Gasteiger partial charge in [0.25, 0.3) is 5.91 Å². The van der Waals surface area contributed by atoms with Gasteiger partial charge in [-0.15, -0.1) is 0 Å². The molecule has 8 nitrogen and oxygen atoms in total. The van der Waals surface area contributed by atoms with Gasteiger partial charge in [-0.3, -0.25) is 4.79 Å². The van der Waals surface area contributed by atoms with E-state index < -0.39 is 0 Å². The molecule has 0 saturated carbocycles. The van der Waals surface area contributed by atoms with Crippen LogP contribution in [0.5, 0.6) is 11.6 Å². The highest BCUT2D eigenvalue weighted by atomic mass is 16.5. The third-order valence-electron chi connectivity index (χ3n) is 5.27. The van der Waals surface area contributed by atoms with Gasteiger partial charge in [0.15, 0.2) is 0 Å². The number of carbonyl (C=O) groups excluding carboxylic acids is 1. The van der Waals surface area contributed by atoms with Gasteiger partial charge < -0.3 is 24.8 Å². The molecule has 2 heterocycles. The number of aliphatic hydroxyl groups is 1. The topological polar surface area (TPSA) is 96.8 Å². The van der Waals surface area contributed by atoms with Gasteiger partial charge in [-0.05, 0) is 42.2 Å². The molecule has 0 fully saturated rings. The molecule has 166 valence electrons. The van der Waals surface area contributed by atoms with Gasteiger partial charge in [0.2, 0.25) is 11.8 Å². The van der Waals surface area contributed by atoms with Crippen molar-refractivity contribution in [1.29, 1.82) is 0 Å². The largest absolute Gasteiger partial charge is 0.497 e. The number of anilines is 2. The normalized spacial score (nSPS) is 12.4. The molecule has 0 unspecified atom stereocenters. The molecule has 0 bridgehead atoms. The van der Waals surface area contributed by atoms with Crippen LogP contribution in [0.1, 0.15) is 27.9 Å². The van der Waals surface area contributed by atoms with Crippen molar-refractivity contribution >= 4 is 17.5 Å². The Bertz CT molecular complexity index is 1070. The molecule has 1 aliphatic rings. The van der Waals surface area contributed by atoms with Crippen LogP contribution < -0.4 is 19.7 Å². The molecular formula is C24H26N4O4. The fourth-order valence-electron chi connectivity index (χ4n) is 3.55. The SMILES string of the molecule is COc1ccc(COc2nc(N3CCc4ccccc43)ncc2C(=O)NCCCO)cc1. The molecule has 4 rings (SSSR count). The lowest BCUT2D eigenvalue weighted by atomic mass is 10.2. The monoisotopic (exact) mass is 434 g/mol. The number of para-hydroxylation sites is 1. The summed E-state index contributed by atoms with van der Waals surface area (Å²) in [6, 6.07) is 15.7. The molecule has 0 aliphatic carbocycles. The number of benzene rings is 2. The molecule has 8 heteroatoms. The van der Waals surface area contributed by atoms with Crippen molar-refractivity contribution < 1.29 is 19.4 Å². The number of nitrogens with zero attached hydrogens (tertiary/aromatic N) is 3. The van der Waals surface area contributed by atoms with E-state index in [0.29, 0.717) is 18.9 Å². The van der Waals surface area contributed by atoms with E-state index in [1.807, 2.05) is 47.4 Å². The molecular weight excluding hydrogens is 408 g/mol. The zero-order valence-electron chi connectivity index (χ0n) is 18.0. The summed E-state index contributed by atoms with van der Waals surface area (Å²) in [6.45, 7) is 1.37. The van der Waals surface area contributed by atoms with Crippen molar-refractivity contribution in [2.45, 2.75) is 19.4 Å². The second-order valence-electron chi connectivity index (χ2n) is 7.39. The standard InChI is InChI=1S/C24H26N4O4/c1-31-19-9-7-17(8-10-19)16-32-23-20(22(30)25-12-4-14-29)15-26-24(27-23)28-13-11-18-5-2-3-6-21(18)28/h2-3,5-10,15,29H,4,11-14,16H2,1H3,(H,25,30). The Hall–Kier alpha value is -3.65. The average molecular weight is 434 g/mol. The Kier molecular flexibility index (Phi) is 6.81. The van der Waals surface area contributed by atoms with Gasteiger partial charge in [0, 0.05) is 31.6 Å². The van der Waals surface area contributed by atoms with E-state index >= 15 is 0 Å². The van der Waals surface area contributed by atoms with Gasteiger partial charge in [0.1, 0.15) is 17.9 Å². The van der Waals surface area contributed by atoms with E-state index in [0.717, 1.165) is 30.0 Å². The van der Waals surface area contributed by atoms with E-state index in [1.165, 1.54) is 11.8 Å². The fraction of sp³-hybridized carbons (Fsp3) is 0.292. The smallest absolute Gasteiger partial charge is 0.258 e. The summed E-state index contributed by atoms with van der Waals surface area (Å²) in [5, 5.41) is 11.7. The minimum Gasteiger partial charge on any atom is -0.497 e. The lowest BCUT2D eigenvalue weighted by Crippen LogP contribution is -2.26. The molecule has 1 amide bonds. The Morgan fingerprint density at radius 3 is 2.78 bits per heavy atom. The zero-order chi connectivity index (χ0) is 22.3. The Morgan fingerprint density at radius 1 is 1.19 bits per heavy atom. The molecule has 2 aromatic carbocycles. The van der Waals surface area contributed by atoms with Crippen molar-refractivity contribution in [1.82, 2.24) is 15.3 Å². The second kappa shape index (κ2) is 10.1. The Balaban J connectivity index is 1.59. The molecule has 2 N–H and O–H groups in total. The Morgan fingerprint density at radius 2 is 2.00 bits per heavy atom. The number of methoxy groups -OCH3 is 1. The van der Waals surface area contributed by atoms with Crippen LogP contribution in [0.15, 0.2) is 54.7 Å². The van der Waals surface area contributed by atoms with Gasteiger partial charge >= 0.3 is 0 Å². The summed E-state index contributed by atoms with van der Waals surface area (Å²) in [5.41, 5.74) is 3.48. The summed E-state index contributed by atoms with van der Waals surface area (Å²) in [5.74, 6) is 1.13. The average Bonchev–Trinajstić information content (AvgIpc) is 3.27. The number of aromatic nitrogens is 2. The first-order valence-electron chi connectivity index (χ1n) is 10.6. The van der Waals surface area contributed by atoms with Crippen LogP contribution >= 0.6 is 0 Å². The van der Waals surface area contributed by atoms with Crippen molar-refractivity contribution in [3.8, 4) is 11.6 Å². The van der Waals surface area contributed by atoms with E-state index in [2.05, 4.69) is 21.4 Å². The first-order chi connectivity index (χ1) is 15.7. The summed E-state index contributed by atoms with van der Waals surface area (Å²) in [6.07, 6.45) is 2.88. The highest BCUT2D eigenvalue weighted by Crippen LogP contribution is 2.33. The maximum atomic E-state index is 12.7. The van der Waals surface area contributed by atoms with E-state index in [1.54, 1.807) is 7.11 Å². The highest BCUT2D eigenvalue weighted by Gasteiger charge is 2.24. The summed E-state index contributed by atoms with van der Waals surface area (Å²) in [7, 11) is 1.62. The van der Waals surface area contributed by atoms with Crippen molar-refractivity contribution in [2.75, 3.05) is 31.7 Å². The molecule has 0 atom stereocenters. The van der Waals surface area contributed by atoms with Crippen LogP contribution in [0.3, 0.4) is 0 Å². The maximum Gasteiger partial charge on any atom is 0.258 e. The number of fused-ring (bicyclic) bond motifs is 1. The minimum atomic E-state index is -0.337. The number of hydrogen-bond acceptors (Lipinski definition) is 7. The number of amides is 1. The van der Waals surface area contributed by atoms with Crippen LogP contribution in [-0.4, -0.2) is 47.8 Å². The number of nitrogens with one attached hydrogen (secondary N) is 1. The van der Waals surface area contributed by atoms with E-state index in [4.69, 9.17) is 14.6 Å². The minimum absolute atomic E-state index is 0.00487. The van der Waals surface area contributed by atoms with Crippen molar-refractivity contribution in [2.24, 2.45) is 0 Å². The van der Waals surface area contributed by atoms with Gasteiger partial charge in [-0.1, -0.05) is 30.3 Å². The van der Waals surface area contributed by atoms with Gasteiger partial charge in [-0.2, -0.15) is 4.98 Å². The first kappa shape index (κ1) is 21.6. The van der Waals surface area contributed by atoms with Crippen LogP contribution in [-0.2, 0) is 13.0 Å². The maximum absolute atomic E-state index is 12.7. The van der Waals surface area contributed by atoms with Crippen molar-refractivity contribution in [3.05, 3.63) is 71.4 Å². The van der Waals surface area contributed by atoms with Gasteiger partial charge in [0.05, 0.1) is 7.11 Å². The van der Waals surface area contributed by atoms with E-state index in [9.17, 15) is 4.79 Å². The quantitative estimate of drug-likeness (QED) is 0.500. The molecule has 0 radical (unpaired) electrons. The van der Waals surface area contributed by atoms with Crippen LogP contribution in [0, 0.1) is 0 Å². The zero-order valence-corrected chi connectivity index (χ0v) is 18.0. The number of aliphatic hydroxyl groups excluding tert-OH is 1. The number of ether oxygens (including phenoxy) is 2. The lowest BCUT2D eigenvalue weighted by Gasteiger charge is -2.19. The predicted molar refractivity (Wildman–Crippen MR) is 121 cm³/mol. The molecule has 1 aromatic heterocycles. The number of carbonyl (C=O) groups is 1. The summed E-state index contributed by atoms with van der Waals surface area (Å²) >= 11 is 0. The van der Waals surface area contributed by atoms with Crippen LogP contribution in [0.2, 0.25) is 0 Å². The molecule has 0 saturated heterocycles. The molecule has 32 heavy (non-hydrogen) atoms. The Labute approximate surface area is 186 Å². The summed E-state index contributed by atoms with van der Waals surface area (Å²) < 4.78 is 11.2. The lowest BCUT2D eigenvalue weighted by molar-refractivity contribution is 0.0945. The molecule has 0 spiro atoms. The van der Waals surface area contributed by atoms with Crippen LogP contribution in [0.4, 0.5) is 11.6 Å². The predicted octanol–water partition coefficient (Wildman–Crippen LogP) is 2.87. The van der Waals surface area contributed by atoms with Crippen molar-refractivity contribution in [3.63, 3.8) is 0 Å². The molecule has 1 aliphatic heterocycles. The molecule has 3 aromatic rings. The third-order valence-corrected chi connectivity index (χ3v) is 5.27. The van der Waals surface area contributed by atoms with E-state index in [-0.39, 0.29) is 30.6 Å². The third kappa shape index (κ3) is 4.81. The number of rotatable bonds is 9. The number of hydrogen-bond donors (Lipinski definition) is 2. The van der Waals surface area contributed by atoms with Gasteiger partial charge in [-0.25, -0.2) is 4.98 Å². The fourth-order valence-corrected chi connectivity index (χ4v) is 3.55. The summed E-state index contributed by atoms with van der Waals surface area (Å²) in [4.78, 5) is 23.8. The highest BCUT2D eigenvalue weighted by molar-refractivity contribution is 5.96. The first-order valence-corrected chi connectivity index (χ1v) is 10.6. The second-order valence-corrected chi connectivity index (χ2v) is 7.39. The van der Waals surface area contributed by atoms with Crippen LogP contribution in [0.25, 0.3) is 0 Å².